The van der Waals surface area contributed by atoms with E-state index in [9.17, 15) is 4.79 Å². The third-order valence-corrected chi connectivity index (χ3v) is 4.01. The number of carbonyl (C=O) groups excluding carboxylic acids is 1. The van der Waals surface area contributed by atoms with E-state index in [1.165, 1.54) is 0 Å². The van der Waals surface area contributed by atoms with Crippen LogP contribution in [0.3, 0.4) is 0 Å². The van der Waals surface area contributed by atoms with Gasteiger partial charge in [0.2, 0.25) is 5.91 Å². The summed E-state index contributed by atoms with van der Waals surface area (Å²) in [4.78, 5) is 18.0. The first-order valence-electron chi connectivity index (χ1n) is 9.31. The van der Waals surface area contributed by atoms with Crippen LogP contribution in [0.15, 0.2) is 35.3 Å². The molecule has 0 radical (unpaired) electrons. The van der Waals surface area contributed by atoms with Crippen molar-refractivity contribution in [2.75, 3.05) is 33.8 Å². The number of hydrogen-bond donors (Lipinski definition) is 2. The summed E-state index contributed by atoms with van der Waals surface area (Å²) in [5, 5.41) is 6.43. The minimum Gasteiger partial charge on any atom is -0.378 e. The topological polar surface area (TPSA) is 66.0 Å². The standard InChI is InChI=1S/C20H34N4O2.HI/c1-6-26-18(16(2)3)12-13-21-20(23-15-19(25)24(4)5)22-14-17-10-8-7-9-11-17;/h7-11,16,18H,6,12-15H2,1-5H3,(H2,21,22,23);1H. The van der Waals surface area contributed by atoms with Crippen LogP contribution in [0.4, 0.5) is 0 Å². The quantitative estimate of drug-likeness (QED) is 0.301. The van der Waals surface area contributed by atoms with Crippen LogP contribution < -0.4 is 10.6 Å². The Balaban J connectivity index is 0.00000676. The average Bonchev–Trinajstić information content (AvgIpc) is 2.62. The molecule has 154 valence electrons. The molecule has 0 aliphatic rings. The highest BCUT2D eigenvalue weighted by Gasteiger charge is 2.13. The van der Waals surface area contributed by atoms with E-state index >= 15 is 0 Å². The molecule has 0 spiro atoms. The third kappa shape index (κ3) is 11.2. The number of nitrogens with one attached hydrogen (secondary N) is 2. The predicted octanol–water partition coefficient (Wildman–Crippen LogP) is 2.88. The zero-order valence-corrected chi connectivity index (χ0v) is 19.5. The highest BCUT2D eigenvalue weighted by Crippen LogP contribution is 2.10. The van der Waals surface area contributed by atoms with E-state index < -0.39 is 0 Å². The summed E-state index contributed by atoms with van der Waals surface area (Å²) in [5.74, 6) is 1.11. The minimum atomic E-state index is 0. The van der Waals surface area contributed by atoms with Gasteiger partial charge in [-0.15, -0.1) is 24.0 Å². The lowest BCUT2D eigenvalue weighted by molar-refractivity contribution is -0.127. The Kier molecular flexibility index (Phi) is 13.9. The van der Waals surface area contributed by atoms with Crippen LogP contribution in [-0.4, -0.2) is 56.7 Å². The largest absolute Gasteiger partial charge is 0.378 e. The van der Waals surface area contributed by atoms with Gasteiger partial charge in [-0.1, -0.05) is 44.2 Å². The number of guanidine groups is 1. The normalized spacial score (nSPS) is 12.3. The number of hydrogen-bond acceptors (Lipinski definition) is 3. The van der Waals surface area contributed by atoms with Gasteiger partial charge in [-0.3, -0.25) is 4.79 Å². The summed E-state index contributed by atoms with van der Waals surface area (Å²) < 4.78 is 5.78. The van der Waals surface area contributed by atoms with Crippen LogP contribution in [0.1, 0.15) is 32.8 Å². The van der Waals surface area contributed by atoms with E-state index in [1.54, 1.807) is 19.0 Å². The lowest BCUT2D eigenvalue weighted by Gasteiger charge is -2.22. The van der Waals surface area contributed by atoms with Crippen molar-refractivity contribution in [3.63, 3.8) is 0 Å². The maximum absolute atomic E-state index is 11.8. The van der Waals surface area contributed by atoms with Crippen LogP contribution in [0.25, 0.3) is 0 Å². The van der Waals surface area contributed by atoms with Gasteiger partial charge in [0.05, 0.1) is 19.2 Å². The van der Waals surface area contributed by atoms with Gasteiger partial charge in [0.25, 0.3) is 0 Å². The maximum Gasteiger partial charge on any atom is 0.241 e. The second-order valence-electron chi connectivity index (χ2n) is 6.75. The van der Waals surface area contributed by atoms with Crippen molar-refractivity contribution in [2.45, 2.75) is 39.8 Å². The zero-order valence-electron chi connectivity index (χ0n) is 17.2. The molecule has 1 aromatic rings. The fourth-order valence-electron chi connectivity index (χ4n) is 2.40. The van der Waals surface area contributed by atoms with Crippen molar-refractivity contribution in [1.29, 1.82) is 0 Å². The number of ether oxygens (including phenoxy) is 1. The molecule has 1 atom stereocenters. The Hall–Kier alpha value is -1.35. The van der Waals surface area contributed by atoms with Gasteiger partial charge in [0, 0.05) is 27.2 Å². The van der Waals surface area contributed by atoms with Crippen molar-refractivity contribution in [3.05, 3.63) is 35.9 Å². The Labute approximate surface area is 181 Å². The van der Waals surface area contributed by atoms with Gasteiger partial charge in [-0.05, 0) is 24.8 Å². The number of carbonyl (C=O) groups is 1. The minimum absolute atomic E-state index is 0. The lowest BCUT2D eigenvalue weighted by atomic mass is 10.0. The molecule has 1 amide bonds. The molecular weight excluding hydrogens is 455 g/mol. The smallest absolute Gasteiger partial charge is 0.241 e. The molecule has 0 aliphatic carbocycles. The molecule has 0 aromatic heterocycles. The van der Waals surface area contributed by atoms with Gasteiger partial charge >= 0.3 is 0 Å². The average molecular weight is 490 g/mol. The third-order valence-electron chi connectivity index (χ3n) is 4.01. The summed E-state index contributed by atoms with van der Waals surface area (Å²) >= 11 is 0. The molecule has 6 nitrogen and oxygen atoms in total. The predicted molar refractivity (Wildman–Crippen MR) is 123 cm³/mol. The first-order chi connectivity index (χ1) is 12.4. The summed E-state index contributed by atoms with van der Waals surface area (Å²) in [6.45, 7) is 8.58. The molecule has 0 aliphatic heterocycles. The Bertz CT molecular complexity index is 550. The van der Waals surface area contributed by atoms with Gasteiger partial charge in [0.15, 0.2) is 5.96 Å². The fraction of sp³-hybridized carbons (Fsp3) is 0.600. The van der Waals surface area contributed by atoms with Crippen LogP contribution in [0, 0.1) is 5.92 Å². The summed E-state index contributed by atoms with van der Waals surface area (Å²) in [7, 11) is 3.49. The van der Waals surface area contributed by atoms with E-state index in [4.69, 9.17) is 4.74 Å². The van der Waals surface area contributed by atoms with E-state index in [-0.39, 0.29) is 42.5 Å². The van der Waals surface area contributed by atoms with Crippen LogP contribution in [-0.2, 0) is 16.1 Å². The van der Waals surface area contributed by atoms with E-state index in [2.05, 4.69) is 29.5 Å². The SMILES string of the molecule is CCOC(CCNC(=NCc1ccccc1)NCC(=O)N(C)C)C(C)C.I. The maximum atomic E-state index is 11.8. The highest BCUT2D eigenvalue weighted by molar-refractivity contribution is 14.0. The lowest BCUT2D eigenvalue weighted by Crippen LogP contribution is -2.44. The number of benzene rings is 1. The molecule has 1 aromatic carbocycles. The highest BCUT2D eigenvalue weighted by atomic mass is 127. The number of halogens is 1. The molecule has 1 rings (SSSR count). The molecule has 0 saturated heterocycles. The zero-order chi connectivity index (χ0) is 19.4. The van der Waals surface area contributed by atoms with Crippen LogP contribution >= 0.6 is 24.0 Å². The number of rotatable bonds is 10. The molecule has 2 N–H and O–H groups in total. The Morgan fingerprint density at radius 1 is 1.19 bits per heavy atom. The molecule has 0 saturated carbocycles. The summed E-state index contributed by atoms with van der Waals surface area (Å²) in [6.07, 6.45) is 1.10. The van der Waals surface area contributed by atoms with Gasteiger partial charge in [-0.2, -0.15) is 0 Å². The van der Waals surface area contributed by atoms with Gasteiger partial charge < -0.3 is 20.3 Å². The number of likely N-dealkylation sites (N-methyl/N-ethyl adjacent to an activating group) is 1. The molecule has 0 heterocycles. The molecule has 27 heavy (non-hydrogen) atoms. The van der Waals surface area contributed by atoms with Crippen molar-refractivity contribution in [3.8, 4) is 0 Å². The van der Waals surface area contributed by atoms with E-state index in [0.717, 1.165) is 18.5 Å². The molecule has 7 heteroatoms. The molecule has 0 bridgehead atoms. The van der Waals surface area contributed by atoms with Crippen molar-refractivity contribution >= 4 is 35.8 Å². The number of amides is 1. The monoisotopic (exact) mass is 490 g/mol. The second-order valence-corrected chi connectivity index (χ2v) is 6.75. The molecular formula is C20H35IN4O2. The van der Waals surface area contributed by atoms with Crippen molar-refractivity contribution in [1.82, 2.24) is 15.5 Å². The second kappa shape index (κ2) is 14.7. The van der Waals surface area contributed by atoms with Crippen molar-refractivity contribution in [2.24, 2.45) is 10.9 Å². The Morgan fingerprint density at radius 3 is 2.41 bits per heavy atom. The first-order valence-corrected chi connectivity index (χ1v) is 9.31. The summed E-state index contributed by atoms with van der Waals surface area (Å²) in [5.41, 5.74) is 1.13. The van der Waals surface area contributed by atoms with E-state index in [1.807, 2.05) is 37.3 Å². The Morgan fingerprint density at radius 2 is 1.85 bits per heavy atom. The molecule has 0 fully saturated rings. The first kappa shape index (κ1) is 25.6. The van der Waals surface area contributed by atoms with E-state index in [0.29, 0.717) is 25.0 Å². The van der Waals surface area contributed by atoms with Gasteiger partial charge in [0.1, 0.15) is 0 Å². The molecule has 1 unspecified atom stereocenters. The van der Waals surface area contributed by atoms with Crippen LogP contribution in [0.5, 0.6) is 0 Å². The summed E-state index contributed by atoms with van der Waals surface area (Å²) in [6, 6.07) is 10.1. The number of aliphatic imine (C=N–C) groups is 1. The van der Waals surface area contributed by atoms with Gasteiger partial charge in [-0.25, -0.2) is 4.99 Å². The van der Waals surface area contributed by atoms with Crippen LogP contribution in [0.2, 0.25) is 0 Å². The number of nitrogens with zero attached hydrogens (tertiary/aromatic N) is 2. The van der Waals surface area contributed by atoms with Crippen molar-refractivity contribution < 1.29 is 9.53 Å². The fourth-order valence-corrected chi connectivity index (χ4v) is 2.40.